The molecule has 2 heterocycles. The lowest BCUT2D eigenvalue weighted by molar-refractivity contribution is -0.137. The van der Waals surface area contributed by atoms with Gasteiger partial charge in [0.05, 0.1) is 5.56 Å². The van der Waals surface area contributed by atoms with E-state index in [9.17, 15) is 13.2 Å². The minimum atomic E-state index is -4.32. The van der Waals surface area contributed by atoms with Gasteiger partial charge in [-0.1, -0.05) is 0 Å². The number of halogens is 3. The molecule has 100 valence electrons. The summed E-state index contributed by atoms with van der Waals surface area (Å²) in [6.45, 7) is 1.96. The molecule has 0 saturated carbocycles. The third-order valence-electron chi connectivity index (χ3n) is 3.07. The number of likely N-dealkylation sites (N-methyl/N-ethyl adjacent to an activating group) is 1. The number of hydrogen-bond donors (Lipinski definition) is 1. The van der Waals surface area contributed by atoms with Crippen molar-refractivity contribution >= 4 is 5.82 Å². The van der Waals surface area contributed by atoms with Crippen LogP contribution in [0.25, 0.3) is 0 Å². The van der Waals surface area contributed by atoms with Crippen LogP contribution in [-0.2, 0) is 6.18 Å². The molecule has 1 aliphatic heterocycles. The molecule has 0 aromatic carbocycles. The van der Waals surface area contributed by atoms with E-state index in [1.54, 1.807) is 0 Å². The van der Waals surface area contributed by atoms with E-state index >= 15 is 0 Å². The lowest BCUT2D eigenvalue weighted by Crippen LogP contribution is -2.39. The van der Waals surface area contributed by atoms with Gasteiger partial charge in [-0.2, -0.15) is 13.2 Å². The zero-order chi connectivity index (χ0) is 13.2. The molecule has 1 aromatic rings. The van der Waals surface area contributed by atoms with E-state index in [0.717, 1.165) is 38.2 Å². The van der Waals surface area contributed by atoms with Crippen molar-refractivity contribution in [2.24, 2.45) is 0 Å². The summed E-state index contributed by atoms with van der Waals surface area (Å²) in [5.74, 6) is 0.503. The SMILES string of the molecule is CN1CCC[C@@H](Nc2ccc(C(F)(F)F)cn2)C1. The molecule has 3 nitrogen and oxygen atoms in total. The summed E-state index contributed by atoms with van der Waals surface area (Å²) >= 11 is 0. The van der Waals surface area contributed by atoms with Gasteiger partial charge < -0.3 is 10.2 Å². The Hall–Kier alpha value is -1.30. The van der Waals surface area contributed by atoms with Gasteiger partial charge in [-0.15, -0.1) is 0 Å². The van der Waals surface area contributed by atoms with Gasteiger partial charge in [0.2, 0.25) is 0 Å². The maximum absolute atomic E-state index is 12.4. The molecule has 1 atom stereocenters. The van der Waals surface area contributed by atoms with E-state index in [1.807, 2.05) is 7.05 Å². The summed E-state index contributed by atoms with van der Waals surface area (Å²) in [5.41, 5.74) is -0.714. The molecule has 1 N–H and O–H groups in total. The van der Waals surface area contributed by atoms with Crippen LogP contribution in [0.2, 0.25) is 0 Å². The Morgan fingerprint density at radius 3 is 2.72 bits per heavy atom. The minimum absolute atomic E-state index is 0.257. The average Bonchev–Trinajstić information content (AvgIpc) is 2.28. The number of pyridine rings is 1. The standard InChI is InChI=1S/C12H16F3N3/c1-18-6-2-3-10(8-18)17-11-5-4-9(7-16-11)12(13,14)15/h4-5,7,10H,2-3,6,8H2,1H3,(H,16,17)/t10-/m1/s1. The lowest BCUT2D eigenvalue weighted by atomic mass is 10.1. The first-order chi connectivity index (χ1) is 8.45. The zero-order valence-corrected chi connectivity index (χ0v) is 10.2. The molecule has 1 aliphatic rings. The Labute approximate surface area is 104 Å². The molecule has 2 rings (SSSR count). The predicted molar refractivity (Wildman–Crippen MR) is 63.4 cm³/mol. The number of hydrogen-bond acceptors (Lipinski definition) is 3. The second-order valence-corrected chi connectivity index (χ2v) is 4.68. The lowest BCUT2D eigenvalue weighted by Gasteiger charge is -2.30. The number of aromatic nitrogens is 1. The van der Waals surface area contributed by atoms with Crippen LogP contribution in [0.5, 0.6) is 0 Å². The van der Waals surface area contributed by atoms with E-state index in [-0.39, 0.29) is 6.04 Å². The summed E-state index contributed by atoms with van der Waals surface area (Å²) in [4.78, 5) is 6.01. The summed E-state index contributed by atoms with van der Waals surface area (Å²) in [7, 11) is 2.04. The largest absolute Gasteiger partial charge is 0.417 e. The molecular formula is C12H16F3N3. The van der Waals surface area contributed by atoms with E-state index < -0.39 is 11.7 Å². The van der Waals surface area contributed by atoms with Crippen molar-refractivity contribution in [1.29, 1.82) is 0 Å². The zero-order valence-electron chi connectivity index (χ0n) is 10.2. The second kappa shape index (κ2) is 5.14. The first-order valence-electron chi connectivity index (χ1n) is 5.93. The maximum atomic E-state index is 12.4. The maximum Gasteiger partial charge on any atom is 0.417 e. The molecule has 0 unspecified atom stereocenters. The van der Waals surface area contributed by atoms with E-state index in [4.69, 9.17) is 0 Å². The summed E-state index contributed by atoms with van der Waals surface area (Å²) in [5, 5.41) is 3.17. The van der Waals surface area contributed by atoms with Gasteiger partial charge in [-0.05, 0) is 38.6 Å². The van der Waals surface area contributed by atoms with E-state index in [1.165, 1.54) is 6.07 Å². The fourth-order valence-corrected chi connectivity index (χ4v) is 2.14. The molecule has 0 aliphatic carbocycles. The van der Waals surface area contributed by atoms with Crippen LogP contribution in [0.1, 0.15) is 18.4 Å². The van der Waals surface area contributed by atoms with Crippen LogP contribution in [0.3, 0.4) is 0 Å². The van der Waals surface area contributed by atoms with Gasteiger partial charge in [0.25, 0.3) is 0 Å². The summed E-state index contributed by atoms with van der Waals surface area (Å²) in [6, 6.07) is 2.70. The van der Waals surface area contributed by atoms with Gasteiger partial charge in [-0.3, -0.25) is 0 Å². The third-order valence-corrected chi connectivity index (χ3v) is 3.07. The highest BCUT2D eigenvalue weighted by atomic mass is 19.4. The highest BCUT2D eigenvalue weighted by molar-refractivity contribution is 5.37. The van der Waals surface area contributed by atoms with Crippen LogP contribution < -0.4 is 5.32 Å². The minimum Gasteiger partial charge on any atom is -0.366 e. The molecule has 0 bridgehead atoms. The topological polar surface area (TPSA) is 28.2 Å². The van der Waals surface area contributed by atoms with Crippen LogP contribution in [0, 0.1) is 0 Å². The van der Waals surface area contributed by atoms with Gasteiger partial charge >= 0.3 is 6.18 Å². The molecule has 0 amide bonds. The van der Waals surface area contributed by atoms with Gasteiger partial charge in [0.1, 0.15) is 5.82 Å². The van der Waals surface area contributed by atoms with Gasteiger partial charge in [0.15, 0.2) is 0 Å². The van der Waals surface area contributed by atoms with Crippen molar-refractivity contribution in [2.45, 2.75) is 25.1 Å². The number of rotatable bonds is 2. The average molecular weight is 259 g/mol. The smallest absolute Gasteiger partial charge is 0.366 e. The number of piperidine rings is 1. The number of likely N-dealkylation sites (tertiary alicyclic amines) is 1. The van der Waals surface area contributed by atoms with Crippen molar-refractivity contribution in [3.63, 3.8) is 0 Å². The fourth-order valence-electron chi connectivity index (χ4n) is 2.14. The summed E-state index contributed by atoms with van der Waals surface area (Å²) in [6.07, 6.45) is -1.34. The summed E-state index contributed by atoms with van der Waals surface area (Å²) < 4.78 is 37.1. The Balaban J connectivity index is 1.98. The van der Waals surface area contributed by atoms with Crippen molar-refractivity contribution in [2.75, 3.05) is 25.5 Å². The van der Waals surface area contributed by atoms with Crippen LogP contribution in [-0.4, -0.2) is 36.1 Å². The van der Waals surface area contributed by atoms with Gasteiger partial charge in [0, 0.05) is 18.8 Å². The van der Waals surface area contributed by atoms with E-state index in [2.05, 4.69) is 15.2 Å². The number of alkyl halides is 3. The highest BCUT2D eigenvalue weighted by Gasteiger charge is 2.30. The van der Waals surface area contributed by atoms with Crippen LogP contribution in [0.4, 0.5) is 19.0 Å². The molecule has 1 aromatic heterocycles. The Morgan fingerprint density at radius 2 is 2.17 bits per heavy atom. The molecule has 1 fully saturated rings. The van der Waals surface area contributed by atoms with Crippen molar-refractivity contribution < 1.29 is 13.2 Å². The normalized spacial score (nSPS) is 21.9. The van der Waals surface area contributed by atoms with Crippen molar-refractivity contribution in [3.05, 3.63) is 23.9 Å². The number of nitrogens with zero attached hydrogens (tertiary/aromatic N) is 2. The van der Waals surface area contributed by atoms with Crippen LogP contribution in [0.15, 0.2) is 18.3 Å². The van der Waals surface area contributed by atoms with Crippen LogP contribution >= 0.6 is 0 Å². The third kappa shape index (κ3) is 3.35. The monoisotopic (exact) mass is 259 g/mol. The molecule has 1 saturated heterocycles. The first kappa shape index (κ1) is 13.1. The predicted octanol–water partition coefficient (Wildman–Crippen LogP) is 2.61. The van der Waals surface area contributed by atoms with E-state index in [0.29, 0.717) is 5.82 Å². The second-order valence-electron chi connectivity index (χ2n) is 4.68. The molecule has 18 heavy (non-hydrogen) atoms. The van der Waals surface area contributed by atoms with Gasteiger partial charge in [-0.25, -0.2) is 4.98 Å². The fraction of sp³-hybridized carbons (Fsp3) is 0.583. The first-order valence-corrected chi connectivity index (χ1v) is 5.93. The Bertz CT molecular complexity index is 389. The molecule has 0 spiro atoms. The van der Waals surface area contributed by atoms with Crippen molar-refractivity contribution in [3.8, 4) is 0 Å². The molecular weight excluding hydrogens is 243 g/mol. The number of anilines is 1. The molecule has 0 radical (unpaired) electrons. The Morgan fingerprint density at radius 1 is 1.39 bits per heavy atom. The highest BCUT2D eigenvalue weighted by Crippen LogP contribution is 2.29. The molecule has 6 heteroatoms. The quantitative estimate of drug-likeness (QED) is 0.885. The number of nitrogens with one attached hydrogen (secondary N) is 1. The van der Waals surface area contributed by atoms with Crippen molar-refractivity contribution in [1.82, 2.24) is 9.88 Å². The Kier molecular flexibility index (Phi) is 3.75.